The van der Waals surface area contributed by atoms with Crippen LogP contribution in [0.3, 0.4) is 0 Å². The summed E-state index contributed by atoms with van der Waals surface area (Å²) in [5, 5.41) is 3.38. The van der Waals surface area contributed by atoms with Crippen LogP contribution in [0.25, 0.3) is 10.4 Å². The van der Waals surface area contributed by atoms with E-state index in [2.05, 4.69) is 14.9 Å². The van der Waals surface area contributed by atoms with Gasteiger partial charge in [0.25, 0.3) is 0 Å². The summed E-state index contributed by atoms with van der Waals surface area (Å²) in [4.78, 5) is 5.04. The highest BCUT2D eigenvalue weighted by Gasteiger charge is 2.09. The van der Waals surface area contributed by atoms with Gasteiger partial charge in [-0.15, -0.1) is 0 Å². The van der Waals surface area contributed by atoms with Crippen LogP contribution in [-0.2, 0) is 4.74 Å². The first-order chi connectivity index (χ1) is 6.43. The van der Waals surface area contributed by atoms with Crippen molar-refractivity contribution in [2.45, 2.75) is 12.8 Å². The van der Waals surface area contributed by atoms with E-state index in [-0.39, 0.29) is 0 Å². The Morgan fingerprint density at radius 1 is 1.31 bits per heavy atom. The molecule has 0 unspecified atom stereocenters. The lowest BCUT2D eigenvalue weighted by molar-refractivity contribution is 0.117. The Labute approximate surface area is 78.3 Å². The topological polar surface area (TPSA) is 61.2 Å². The van der Waals surface area contributed by atoms with Gasteiger partial charge < -0.3 is 9.64 Å². The maximum atomic E-state index is 7.99. The zero-order chi connectivity index (χ0) is 9.36. The van der Waals surface area contributed by atoms with Gasteiger partial charge in [0.15, 0.2) is 0 Å². The SMILES string of the molecule is [N-]=[N+]=NCCOCCN1CCCC1. The molecule has 1 heterocycles. The first-order valence-corrected chi connectivity index (χ1v) is 4.74. The molecule has 5 nitrogen and oxygen atoms in total. The van der Waals surface area contributed by atoms with Crippen molar-refractivity contribution in [1.29, 1.82) is 0 Å². The monoisotopic (exact) mass is 184 g/mol. The fourth-order valence-corrected chi connectivity index (χ4v) is 1.45. The van der Waals surface area contributed by atoms with Crippen molar-refractivity contribution in [2.24, 2.45) is 5.11 Å². The van der Waals surface area contributed by atoms with Gasteiger partial charge in [0, 0.05) is 18.0 Å². The fourth-order valence-electron chi connectivity index (χ4n) is 1.45. The van der Waals surface area contributed by atoms with E-state index in [9.17, 15) is 0 Å². The van der Waals surface area contributed by atoms with Crippen LogP contribution in [0.2, 0.25) is 0 Å². The van der Waals surface area contributed by atoms with Gasteiger partial charge in [0.2, 0.25) is 0 Å². The largest absolute Gasteiger partial charge is 0.380 e. The van der Waals surface area contributed by atoms with Crippen LogP contribution in [-0.4, -0.2) is 44.3 Å². The molecule has 0 aromatic rings. The van der Waals surface area contributed by atoms with Gasteiger partial charge in [-0.05, 0) is 31.5 Å². The van der Waals surface area contributed by atoms with Gasteiger partial charge in [-0.25, -0.2) is 0 Å². The van der Waals surface area contributed by atoms with Crippen molar-refractivity contribution in [3.05, 3.63) is 10.4 Å². The molecule has 0 aliphatic carbocycles. The molecular weight excluding hydrogens is 168 g/mol. The Hall–Kier alpha value is -0.770. The van der Waals surface area contributed by atoms with Crippen LogP contribution in [0.5, 0.6) is 0 Å². The average molecular weight is 184 g/mol. The molecule has 0 spiro atoms. The van der Waals surface area contributed by atoms with Crippen LogP contribution >= 0.6 is 0 Å². The molecule has 0 saturated carbocycles. The number of hydrogen-bond acceptors (Lipinski definition) is 3. The Bertz CT molecular complexity index is 173. The third-order valence-electron chi connectivity index (χ3n) is 2.15. The average Bonchev–Trinajstić information content (AvgIpc) is 2.63. The van der Waals surface area contributed by atoms with E-state index in [0.717, 1.165) is 13.2 Å². The summed E-state index contributed by atoms with van der Waals surface area (Å²) in [7, 11) is 0. The summed E-state index contributed by atoms with van der Waals surface area (Å²) in [5.41, 5.74) is 7.99. The number of azide groups is 1. The third-order valence-corrected chi connectivity index (χ3v) is 2.15. The van der Waals surface area contributed by atoms with Gasteiger partial charge in [-0.2, -0.15) is 0 Å². The highest BCUT2D eigenvalue weighted by atomic mass is 16.5. The van der Waals surface area contributed by atoms with Gasteiger partial charge >= 0.3 is 0 Å². The molecule has 0 atom stereocenters. The van der Waals surface area contributed by atoms with Crippen LogP contribution in [0.15, 0.2) is 5.11 Å². The Balaban J connectivity index is 1.85. The maximum absolute atomic E-state index is 7.99. The Kier molecular flexibility index (Phi) is 5.33. The molecule has 0 N–H and O–H groups in total. The van der Waals surface area contributed by atoms with Gasteiger partial charge in [0.1, 0.15) is 0 Å². The van der Waals surface area contributed by atoms with E-state index < -0.39 is 0 Å². The number of likely N-dealkylation sites (tertiary alicyclic amines) is 1. The molecule has 5 heteroatoms. The zero-order valence-electron chi connectivity index (χ0n) is 7.85. The summed E-state index contributed by atoms with van der Waals surface area (Å²) in [5.74, 6) is 0. The summed E-state index contributed by atoms with van der Waals surface area (Å²) in [6, 6.07) is 0. The summed E-state index contributed by atoms with van der Waals surface area (Å²) in [6.07, 6.45) is 2.64. The summed E-state index contributed by atoms with van der Waals surface area (Å²) < 4.78 is 5.29. The molecule has 13 heavy (non-hydrogen) atoms. The minimum atomic E-state index is 0.441. The lowest BCUT2D eigenvalue weighted by atomic mass is 10.4. The van der Waals surface area contributed by atoms with Crippen molar-refractivity contribution in [1.82, 2.24) is 4.90 Å². The molecule has 74 valence electrons. The quantitative estimate of drug-likeness (QED) is 0.271. The molecule has 0 aromatic carbocycles. The van der Waals surface area contributed by atoms with Crippen molar-refractivity contribution in [2.75, 3.05) is 39.4 Å². The van der Waals surface area contributed by atoms with Crippen molar-refractivity contribution in [3.8, 4) is 0 Å². The first-order valence-electron chi connectivity index (χ1n) is 4.74. The second-order valence-corrected chi connectivity index (χ2v) is 3.12. The number of hydrogen-bond donors (Lipinski definition) is 0. The molecular formula is C8H16N4O. The fraction of sp³-hybridized carbons (Fsp3) is 1.00. The van der Waals surface area contributed by atoms with Crippen LogP contribution < -0.4 is 0 Å². The van der Waals surface area contributed by atoms with E-state index >= 15 is 0 Å². The predicted molar refractivity (Wildman–Crippen MR) is 50.5 cm³/mol. The van der Waals surface area contributed by atoms with Crippen LogP contribution in [0, 0.1) is 0 Å². The molecule has 0 aromatic heterocycles. The van der Waals surface area contributed by atoms with Crippen molar-refractivity contribution < 1.29 is 4.74 Å². The molecule has 1 aliphatic heterocycles. The van der Waals surface area contributed by atoms with E-state index in [1.165, 1.54) is 25.9 Å². The zero-order valence-corrected chi connectivity index (χ0v) is 7.85. The second-order valence-electron chi connectivity index (χ2n) is 3.12. The van der Waals surface area contributed by atoms with E-state index in [0.29, 0.717) is 13.2 Å². The highest BCUT2D eigenvalue weighted by Crippen LogP contribution is 2.05. The molecule has 0 radical (unpaired) electrons. The van der Waals surface area contributed by atoms with Gasteiger partial charge in [-0.3, -0.25) is 0 Å². The predicted octanol–water partition coefficient (Wildman–Crippen LogP) is 1.41. The molecule has 1 saturated heterocycles. The number of rotatable bonds is 6. The van der Waals surface area contributed by atoms with Crippen molar-refractivity contribution >= 4 is 0 Å². The maximum Gasteiger partial charge on any atom is 0.0593 e. The van der Waals surface area contributed by atoms with Gasteiger partial charge in [0.05, 0.1) is 13.2 Å². The Morgan fingerprint density at radius 2 is 2.08 bits per heavy atom. The second kappa shape index (κ2) is 6.71. The number of ether oxygens (including phenoxy) is 1. The van der Waals surface area contributed by atoms with Crippen molar-refractivity contribution in [3.63, 3.8) is 0 Å². The lowest BCUT2D eigenvalue weighted by Crippen LogP contribution is -2.24. The molecule has 1 aliphatic rings. The van der Waals surface area contributed by atoms with Crippen LogP contribution in [0.4, 0.5) is 0 Å². The summed E-state index contributed by atoms with van der Waals surface area (Å²) in [6.45, 7) is 5.16. The minimum Gasteiger partial charge on any atom is -0.380 e. The first kappa shape index (κ1) is 10.3. The van der Waals surface area contributed by atoms with Crippen LogP contribution in [0.1, 0.15) is 12.8 Å². The smallest absolute Gasteiger partial charge is 0.0593 e. The standard InChI is InChI=1S/C8H16N4O/c9-11-10-3-7-13-8-6-12-4-1-2-5-12/h1-8H2. The highest BCUT2D eigenvalue weighted by molar-refractivity contribution is 4.65. The molecule has 0 bridgehead atoms. The number of nitrogens with zero attached hydrogens (tertiary/aromatic N) is 4. The van der Waals surface area contributed by atoms with Gasteiger partial charge in [-0.1, -0.05) is 5.11 Å². The molecule has 1 fully saturated rings. The minimum absolute atomic E-state index is 0.441. The normalized spacial score (nSPS) is 17.2. The Morgan fingerprint density at radius 3 is 2.77 bits per heavy atom. The lowest BCUT2D eigenvalue weighted by Gasteiger charge is -2.13. The molecule has 0 amide bonds. The van der Waals surface area contributed by atoms with E-state index in [1.54, 1.807) is 0 Å². The van der Waals surface area contributed by atoms with E-state index in [4.69, 9.17) is 10.3 Å². The van der Waals surface area contributed by atoms with E-state index in [1.807, 2.05) is 0 Å². The molecule has 1 rings (SSSR count). The third kappa shape index (κ3) is 4.72. The summed E-state index contributed by atoms with van der Waals surface area (Å²) >= 11 is 0.